The van der Waals surface area contributed by atoms with E-state index in [-0.39, 0.29) is 12.6 Å². The molecule has 1 aliphatic carbocycles. The molecule has 1 aromatic carbocycles. The summed E-state index contributed by atoms with van der Waals surface area (Å²) >= 11 is 3.35. The highest BCUT2D eigenvalue weighted by molar-refractivity contribution is 9.10. The monoisotopic (exact) mass is 348 g/mol. The average molecular weight is 349 g/mol. The van der Waals surface area contributed by atoms with E-state index in [0.29, 0.717) is 5.75 Å². The quantitative estimate of drug-likeness (QED) is 0.843. The van der Waals surface area contributed by atoms with E-state index >= 15 is 0 Å². The van der Waals surface area contributed by atoms with Crippen molar-refractivity contribution in [2.45, 2.75) is 24.8 Å². The van der Waals surface area contributed by atoms with Crippen molar-refractivity contribution in [3.8, 4) is 11.8 Å². The van der Waals surface area contributed by atoms with Crippen LogP contribution in [0.15, 0.2) is 22.7 Å². The summed E-state index contributed by atoms with van der Waals surface area (Å²) in [4.78, 5) is 24.5. The lowest BCUT2D eigenvalue weighted by molar-refractivity contribution is -0.132. The van der Waals surface area contributed by atoms with Crippen LogP contribution in [-0.4, -0.2) is 24.3 Å². The van der Waals surface area contributed by atoms with Gasteiger partial charge in [0.2, 0.25) is 5.91 Å². The zero-order chi connectivity index (χ0) is 15.0. The molecule has 2 aliphatic rings. The van der Waals surface area contributed by atoms with Crippen LogP contribution in [0.3, 0.4) is 0 Å². The standard InChI is InChI=1S/C15H13BrN2O3/c16-8-1-4-13-10(5-8)12(7-21-13)14(19)11(6-17)15(20)18-9-2-3-9/h1,4-5,9,11-12H,2-3,7H2,(H,18,20)/t11-,12+/m1/s1. The molecule has 5 nitrogen and oxygen atoms in total. The minimum absolute atomic E-state index is 0.127. The van der Waals surface area contributed by atoms with Crippen molar-refractivity contribution in [3.05, 3.63) is 28.2 Å². The normalized spacial score (nSPS) is 20.9. The zero-order valence-electron chi connectivity index (χ0n) is 11.1. The molecule has 1 amide bonds. The molecule has 1 aromatic rings. The van der Waals surface area contributed by atoms with Gasteiger partial charge in [-0.05, 0) is 31.0 Å². The van der Waals surface area contributed by atoms with Crippen LogP contribution in [0.25, 0.3) is 0 Å². The Labute approximate surface area is 130 Å². The second-order valence-electron chi connectivity index (χ2n) is 5.29. The fourth-order valence-electron chi connectivity index (χ4n) is 2.39. The average Bonchev–Trinajstić information content (AvgIpc) is 3.16. The van der Waals surface area contributed by atoms with Gasteiger partial charge in [0.25, 0.3) is 0 Å². The number of halogens is 1. The summed E-state index contributed by atoms with van der Waals surface area (Å²) in [6.07, 6.45) is 1.83. The first-order valence-corrected chi connectivity index (χ1v) is 7.55. The number of carbonyl (C=O) groups excluding carboxylic acids is 2. The molecule has 3 rings (SSSR count). The van der Waals surface area contributed by atoms with Crippen LogP contribution in [0.5, 0.6) is 5.75 Å². The number of ketones is 1. The first-order valence-electron chi connectivity index (χ1n) is 6.76. The first kappa shape index (κ1) is 14.1. The molecular weight excluding hydrogens is 336 g/mol. The highest BCUT2D eigenvalue weighted by Crippen LogP contribution is 2.37. The number of nitrogens with zero attached hydrogens (tertiary/aromatic N) is 1. The summed E-state index contributed by atoms with van der Waals surface area (Å²) in [5.74, 6) is -2.09. The van der Waals surface area contributed by atoms with Crippen LogP contribution in [0.4, 0.5) is 0 Å². The molecule has 0 unspecified atom stereocenters. The number of fused-ring (bicyclic) bond motifs is 1. The summed E-state index contributed by atoms with van der Waals surface area (Å²) in [6.45, 7) is 0.180. The fourth-order valence-corrected chi connectivity index (χ4v) is 2.76. The number of carbonyl (C=O) groups is 2. The number of benzene rings is 1. The Morgan fingerprint density at radius 1 is 1.43 bits per heavy atom. The van der Waals surface area contributed by atoms with Crippen LogP contribution >= 0.6 is 15.9 Å². The molecule has 0 saturated heterocycles. The van der Waals surface area contributed by atoms with Gasteiger partial charge in [0.05, 0.1) is 12.0 Å². The summed E-state index contributed by atoms with van der Waals surface area (Å²) < 4.78 is 6.31. The number of nitriles is 1. The van der Waals surface area contributed by atoms with E-state index in [9.17, 15) is 14.9 Å². The first-order chi connectivity index (χ1) is 10.1. The SMILES string of the molecule is N#C[C@@H](C(=O)NC1CC1)C(=O)[C@H]1COc2ccc(Br)cc21. The van der Waals surface area contributed by atoms with Gasteiger partial charge >= 0.3 is 0 Å². The molecule has 2 atom stereocenters. The van der Waals surface area contributed by atoms with Crippen molar-refractivity contribution < 1.29 is 14.3 Å². The summed E-state index contributed by atoms with van der Waals surface area (Å²) in [6, 6.07) is 7.36. The molecule has 6 heteroatoms. The second-order valence-corrected chi connectivity index (χ2v) is 6.21. The number of rotatable bonds is 4. The van der Waals surface area contributed by atoms with Crippen LogP contribution in [0.2, 0.25) is 0 Å². The maximum Gasteiger partial charge on any atom is 0.245 e. The Bertz CT molecular complexity index is 649. The van der Waals surface area contributed by atoms with Gasteiger partial charge in [-0.2, -0.15) is 5.26 Å². The summed E-state index contributed by atoms with van der Waals surface area (Å²) in [7, 11) is 0. The third-order valence-corrected chi connectivity index (χ3v) is 4.19. The second kappa shape index (κ2) is 5.49. The van der Waals surface area contributed by atoms with Crippen molar-refractivity contribution in [3.63, 3.8) is 0 Å². The van der Waals surface area contributed by atoms with Crippen LogP contribution in [-0.2, 0) is 9.59 Å². The highest BCUT2D eigenvalue weighted by Gasteiger charge is 2.39. The van der Waals surface area contributed by atoms with Gasteiger partial charge in [0, 0.05) is 16.1 Å². The van der Waals surface area contributed by atoms with E-state index in [1.807, 2.05) is 12.1 Å². The van der Waals surface area contributed by atoms with Crippen molar-refractivity contribution in [1.82, 2.24) is 5.32 Å². The molecule has 1 aliphatic heterocycles. The highest BCUT2D eigenvalue weighted by atomic mass is 79.9. The summed E-state index contributed by atoms with van der Waals surface area (Å²) in [5.41, 5.74) is 0.730. The van der Waals surface area contributed by atoms with E-state index in [4.69, 9.17) is 4.74 Å². The van der Waals surface area contributed by atoms with Gasteiger partial charge in [-0.1, -0.05) is 15.9 Å². The van der Waals surface area contributed by atoms with Crippen molar-refractivity contribution in [2.75, 3.05) is 6.61 Å². The predicted molar refractivity (Wildman–Crippen MR) is 77.7 cm³/mol. The lowest BCUT2D eigenvalue weighted by atomic mass is 9.89. The molecule has 1 saturated carbocycles. The molecule has 21 heavy (non-hydrogen) atoms. The van der Waals surface area contributed by atoms with E-state index < -0.39 is 23.5 Å². The smallest absolute Gasteiger partial charge is 0.245 e. The maximum absolute atomic E-state index is 12.5. The van der Waals surface area contributed by atoms with E-state index in [1.165, 1.54) is 0 Å². The van der Waals surface area contributed by atoms with Crippen LogP contribution < -0.4 is 10.1 Å². The molecule has 108 valence electrons. The van der Waals surface area contributed by atoms with E-state index in [0.717, 1.165) is 22.9 Å². The predicted octanol–water partition coefficient (Wildman–Crippen LogP) is 1.91. The van der Waals surface area contributed by atoms with Gasteiger partial charge in [-0.25, -0.2) is 0 Å². The Balaban J connectivity index is 1.80. The lowest BCUT2D eigenvalue weighted by Gasteiger charge is -2.13. The van der Waals surface area contributed by atoms with Crippen molar-refractivity contribution in [2.24, 2.45) is 5.92 Å². The largest absolute Gasteiger partial charge is 0.492 e. The minimum Gasteiger partial charge on any atom is -0.492 e. The molecule has 1 heterocycles. The third kappa shape index (κ3) is 2.79. The minimum atomic E-state index is -1.27. The number of nitrogens with one attached hydrogen (secondary N) is 1. The molecule has 0 radical (unpaired) electrons. The Morgan fingerprint density at radius 2 is 2.19 bits per heavy atom. The van der Waals surface area contributed by atoms with Crippen molar-refractivity contribution >= 4 is 27.6 Å². The van der Waals surface area contributed by atoms with Gasteiger partial charge in [0.1, 0.15) is 12.4 Å². The maximum atomic E-state index is 12.5. The molecule has 0 aromatic heterocycles. The molecule has 0 spiro atoms. The Morgan fingerprint density at radius 3 is 2.86 bits per heavy atom. The zero-order valence-corrected chi connectivity index (χ0v) is 12.7. The van der Waals surface area contributed by atoms with Gasteiger partial charge in [0.15, 0.2) is 11.7 Å². The number of Topliss-reactive ketones (excluding diaryl/α,β-unsaturated/α-hetero) is 1. The number of amides is 1. The number of hydrogen-bond donors (Lipinski definition) is 1. The van der Waals surface area contributed by atoms with Gasteiger partial charge in [-0.3, -0.25) is 9.59 Å². The fraction of sp³-hybridized carbons (Fsp3) is 0.400. The molecular formula is C15H13BrN2O3. The lowest BCUT2D eigenvalue weighted by Crippen LogP contribution is -2.38. The molecule has 1 fully saturated rings. The Kier molecular flexibility index (Phi) is 3.68. The number of hydrogen-bond acceptors (Lipinski definition) is 4. The molecule has 1 N–H and O–H groups in total. The van der Waals surface area contributed by atoms with Crippen molar-refractivity contribution in [1.29, 1.82) is 5.26 Å². The third-order valence-electron chi connectivity index (χ3n) is 3.70. The van der Waals surface area contributed by atoms with Gasteiger partial charge in [-0.15, -0.1) is 0 Å². The summed E-state index contributed by atoms with van der Waals surface area (Å²) in [5, 5.41) is 11.9. The Hall–Kier alpha value is -1.87. The van der Waals surface area contributed by atoms with E-state index in [2.05, 4.69) is 21.2 Å². The van der Waals surface area contributed by atoms with Gasteiger partial charge < -0.3 is 10.1 Å². The van der Waals surface area contributed by atoms with Crippen LogP contribution in [0, 0.1) is 17.2 Å². The van der Waals surface area contributed by atoms with Crippen LogP contribution in [0.1, 0.15) is 24.3 Å². The van der Waals surface area contributed by atoms with E-state index in [1.54, 1.807) is 12.1 Å². The topological polar surface area (TPSA) is 79.2 Å². The number of ether oxygens (including phenoxy) is 1. The molecule has 0 bridgehead atoms.